The summed E-state index contributed by atoms with van der Waals surface area (Å²) >= 11 is 0. The van der Waals surface area contributed by atoms with E-state index in [0.717, 1.165) is 0 Å². The van der Waals surface area contributed by atoms with Crippen molar-refractivity contribution in [1.82, 2.24) is 10.6 Å². The molecule has 1 heterocycles. The lowest BCUT2D eigenvalue weighted by molar-refractivity contribution is -0.122. The average molecular weight is 201 g/mol. The Morgan fingerprint density at radius 2 is 2.20 bits per heavy atom. The van der Waals surface area contributed by atoms with Gasteiger partial charge in [-0.3, -0.25) is 10.1 Å². The lowest BCUT2D eigenvalue weighted by Crippen LogP contribution is -2.46. The van der Waals surface area contributed by atoms with Crippen molar-refractivity contribution in [2.24, 2.45) is 0 Å². The quantitative estimate of drug-likeness (QED) is 0.507. The predicted molar refractivity (Wildman–Crippen MR) is 54.5 cm³/mol. The fourth-order valence-electron chi connectivity index (χ4n) is 1.78. The summed E-state index contributed by atoms with van der Waals surface area (Å²) in [4.78, 5) is 11.4. The summed E-state index contributed by atoms with van der Waals surface area (Å²) in [6.07, 6.45) is 2.29. The topological polar surface area (TPSA) is 64.9 Å². The van der Waals surface area contributed by atoms with Gasteiger partial charge in [0.05, 0.1) is 6.04 Å². The van der Waals surface area contributed by atoms with Gasteiger partial charge in [-0.2, -0.15) is 5.26 Å². The van der Waals surface area contributed by atoms with Gasteiger partial charge < -0.3 is 5.32 Å². The smallest absolute Gasteiger partial charge is 0.250 e. The van der Waals surface area contributed by atoms with Crippen LogP contribution >= 0.6 is 0 Å². The molecular formula is C11H11N3O. The molecule has 0 spiro atoms. The van der Waals surface area contributed by atoms with E-state index in [1.165, 1.54) is 11.1 Å². The number of nitrogens with one attached hydrogen (secondary N) is 2. The molecule has 1 unspecified atom stereocenters. The third-order valence-corrected chi connectivity index (χ3v) is 2.58. The van der Waals surface area contributed by atoms with Gasteiger partial charge in [-0.05, 0) is 17.5 Å². The first-order valence-corrected chi connectivity index (χ1v) is 4.80. The molecule has 2 rings (SSSR count). The second-order valence-corrected chi connectivity index (χ2v) is 3.51. The number of nitriles is 1. The summed E-state index contributed by atoms with van der Waals surface area (Å²) in [5, 5.41) is 13.6. The zero-order valence-corrected chi connectivity index (χ0v) is 8.16. The number of carbonyl (C=O) groups is 1. The van der Waals surface area contributed by atoms with Crippen molar-refractivity contribution in [2.75, 3.05) is 0 Å². The van der Waals surface area contributed by atoms with Crippen molar-refractivity contribution in [3.05, 3.63) is 35.4 Å². The minimum Gasteiger partial charge on any atom is -0.301 e. The van der Waals surface area contributed by atoms with E-state index >= 15 is 0 Å². The highest BCUT2D eigenvalue weighted by Crippen LogP contribution is 2.15. The van der Waals surface area contributed by atoms with E-state index in [1.807, 2.05) is 24.3 Å². The SMILES string of the molecule is N#CNC(=O)C1Cc2ccccc2CN1. The molecule has 0 saturated heterocycles. The lowest BCUT2D eigenvalue weighted by Gasteiger charge is -2.24. The number of hydrogen-bond donors (Lipinski definition) is 2. The highest BCUT2D eigenvalue weighted by Gasteiger charge is 2.23. The Morgan fingerprint density at radius 3 is 2.93 bits per heavy atom. The van der Waals surface area contributed by atoms with Crippen LogP contribution in [0.2, 0.25) is 0 Å². The maximum atomic E-state index is 11.4. The third-order valence-electron chi connectivity index (χ3n) is 2.58. The normalized spacial score (nSPS) is 18.7. The first-order valence-electron chi connectivity index (χ1n) is 4.80. The van der Waals surface area contributed by atoms with Gasteiger partial charge in [0, 0.05) is 6.54 Å². The Kier molecular flexibility index (Phi) is 2.66. The van der Waals surface area contributed by atoms with Gasteiger partial charge in [0.1, 0.15) is 0 Å². The van der Waals surface area contributed by atoms with E-state index in [2.05, 4.69) is 10.6 Å². The van der Waals surface area contributed by atoms with Crippen LogP contribution in [0.25, 0.3) is 0 Å². The Balaban J connectivity index is 2.12. The zero-order chi connectivity index (χ0) is 10.7. The molecule has 0 radical (unpaired) electrons. The lowest BCUT2D eigenvalue weighted by atomic mass is 9.95. The molecule has 0 fully saturated rings. The maximum Gasteiger partial charge on any atom is 0.250 e. The molecule has 1 atom stereocenters. The zero-order valence-electron chi connectivity index (χ0n) is 8.16. The van der Waals surface area contributed by atoms with Crippen LogP contribution in [-0.4, -0.2) is 11.9 Å². The molecule has 15 heavy (non-hydrogen) atoms. The molecule has 1 aromatic rings. The van der Waals surface area contributed by atoms with Crippen molar-refractivity contribution in [3.63, 3.8) is 0 Å². The summed E-state index contributed by atoms with van der Waals surface area (Å²) in [5.41, 5.74) is 2.40. The van der Waals surface area contributed by atoms with Crippen LogP contribution < -0.4 is 10.6 Å². The molecule has 2 N–H and O–H groups in total. The van der Waals surface area contributed by atoms with Gasteiger partial charge in [0.15, 0.2) is 6.19 Å². The second-order valence-electron chi connectivity index (χ2n) is 3.51. The summed E-state index contributed by atoms with van der Waals surface area (Å²) < 4.78 is 0. The minimum absolute atomic E-state index is 0.257. The molecule has 0 aliphatic carbocycles. The highest BCUT2D eigenvalue weighted by atomic mass is 16.2. The first-order chi connectivity index (χ1) is 7.31. The van der Waals surface area contributed by atoms with E-state index in [-0.39, 0.29) is 11.9 Å². The number of nitrogens with zero attached hydrogens (tertiary/aromatic N) is 1. The maximum absolute atomic E-state index is 11.4. The van der Waals surface area contributed by atoms with Crippen molar-refractivity contribution in [3.8, 4) is 6.19 Å². The van der Waals surface area contributed by atoms with Crippen LogP contribution in [-0.2, 0) is 17.8 Å². The van der Waals surface area contributed by atoms with Crippen molar-refractivity contribution < 1.29 is 4.79 Å². The van der Waals surface area contributed by atoms with Crippen LogP contribution in [0.15, 0.2) is 24.3 Å². The Hall–Kier alpha value is -1.86. The van der Waals surface area contributed by atoms with Crippen molar-refractivity contribution in [2.45, 2.75) is 19.0 Å². The van der Waals surface area contributed by atoms with E-state index in [9.17, 15) is 4.79 Å². The summed E-state index contributed by atoms with van der Waals surface area (Å²) in [5.74, 6) is -0.257. The Bertz CT molecular complexity index is 422. The van der Waals surface area contributed by atoms with E-state index in [0.29, 0.717) is 13.0 Å². The number of benzene rings is 1. The van der Waals surface area contributed by atoms with Gasteiger partial charge in [-0.25, -0.2) is 0 Å². The Morgan fingerprint density at radius 1 is 1.47 bits per heavy atom. The number of carbonyl (C=O) groups excluding carboxylic acids is 1. The molecule has 4 nitrogen and oxygen atoms in total. The largest absolute Gasteiger partial charge is 0.301 e. The molecule has 4 heteroatoms. The van der Waals surface area contributed by atoms with Crippen molar-refractivity contribution in [1.29, 1.82) is 5.26 Å². The second kappa shape index (κ2) is 4.11. The standard InChI is InChI=1S/C11H11N3O/c12-7-14-11(15)10-5-8-3-1-2-4-9(8)6-13-10/h1-4,10,13H,5-6H2,(H,14,15). The monoisotopic (exact) mass is 201 g/mol. The molecule has 76 valence electrons. The highest BCUT2D eigenvalue weighted by molar-refractivity contribution is 5.83. The fraction of sp³-hybridized carbons (Fsp3) is 0.273. The van der Waals surface area contributed by atoms with Gasteiger partial charge in [-0.1, -0.05) is 24.3 Å². The van der Waals surface area contributed by atoms with E-state index in [1.54, 1.807) is 6.19 Å². The number of fused-ring (bicyclic) bond motifs is 1. The molecule has 1 amide bonds. The molecular weight excluding hydrogens is 190 g/mol. The van der Waals surface area contributed by atoms with Gasteiger partial charge in [0.2, 0.25) is 5.91 Å². The first kappa shape index (κ1) is 9.69. The average Bonchev–Trinajstić information content (AvgIpc) is 2.29. The van der Waals surface area contributed by atoms with E-state index in [4.69, 9.17) is 5.26 Å². The predicted octanol–water partition coefficient (Wildman–Crippen LogP) is 0.298. The molecule has 1 aromatic carbocycles. The Labute approximate surface area is 87.9 Å². The van der Waals surface area contributed by atoms with Gasteiger partial charge >= 0.3 is 0 Å². The van der Waals surface area contributed by atoms with Gasteiger partial charge in [0.25, 0.3) is 0 Å². The third kappa shape index (κ3) is 1.97. The molecule has 1 aliphatic heterocycles. The molecule has 0 saturated carbocycles. The summed E-state index contributed by atoms with van der Waals surface area (Å²) in [7, 11) is 0. The number of amides is 1. The van der Waals surface area contributed by atoms with Crippen LogP contribution in [0.4, 0.5) is 0 Å². The molecule has 0 bridgehead atoms. The number of hydrogen-bond acceptors (Lipinski definition) is 3. The molecule has 1 aliphatic rings. The van der Waals surface area contributed by atoms with Crippen LogP contribution in [0, 0.1) is 11.5 Å². The summed E-state index contributed by atoms with van der Waals surface area (Å²) in [6.45, 7) is 0.680. The fourth-order valence-corrected chi connectivity index (χ4v) is 1.78. The van der Waals surface area contributed by atoms with E-state index < -0.39 is 0 Å². The van der Waals surface area contributed by atoms with Crippen LogP contribution in [0.3, 0.4) is 0 Å². The molecule has 0 aromatic heterocycles. The number of rotatable bonds is 1. The van der Waals surface area contributed by atoms with Crippen LogP contribution in [0.5, 0.6) is 0 Å². The van der Waals surface area contributed by atoms with Gasteiger partial charge in [-0.15, -0.1) is 0 Å². The van der Waals surface area contributed by atoms with Crippen LogP contribution in [0.1, 0.15) is 11.1 Å². The minimum atomic E-state index is -0.292. The summed E-state index contributed by atoms with van der Waals surface area (Å²) in [6, 6.07) is 7.71. The van der Waals surface area contributed by atoms with Crippen molar-refractivity contribution >= 4 is 5.91 Å².